The minimum absolute atomic E-state index is 0.0935. The van der Waals surface area contributed by atoms with Crippen LogP contribution in [-0.4, -0.2) is 37.2 Å². The van der Waals surface area contributed by atoms with Gasteiger partial charge in [0.15, 0.2) is 6.10 Å². The predicted octanol–water partition coefficient (Wildman–Crippen LogP) is 16.1. The van der Waals surface area contributed by atoms with Gasteiger partial charge in [0.1, 0.15) is 13.2 Å². The Balaban J connectivity index is 4.33. The molecule has 0 saturated heterocycles. The lowest BCUT2D eigenvalue weighted by Crippen LogP contribution is -2.30. The third kappa shape index (κ3) is 46.0. The zero-order valence-corrected chi connectivity index (χ0v) is 38.8. The average molecular weight is 825 g/mol. The van der Waals surface area contributed by atoms with Gasteiger partial charge in [-0.25, -0.2) is 0 Å². The molecule has 0 aromatic heterocycles. The van der Waals surface area contributed by atoms with Crippen molar-refractivity contribution in [2.45, 2.75) is 245 Å². The number of hydrogen-bond donors (Lipinski definition) is 0. The topological polar surface area (TPSA) is 78.9 Å². The molecule has 0 aliphatic heterocycles. The molecule has 0 spiro atoms. The van der Waals surface area contributed by atoms with E-state index in [0.29, 0.717) is 25.7 Å². The standard InChI is InChI=1S/C53H92O6/c1-4-7-10-13-16-19-21-23-24-25-26-27-28-30-31-34-37-40-43-46-52(55)58-49-50(48-57-51(54)45-42-39-36-33-18-15-12-9-6-3)59-53(56)47-44-41-38-35-32-29-22-20-17-14-11-8-5-2/h8,11,14,17,20,22,25-26,33,36,50H,4-7,9-10,12-13,15-16,18-19,21,23-24,27-32,34-35,37-49H2,1-3H3/b11-8-,17-14-,22-20-,26-25-,36-33-. The second-order valence-electron chi connectivity index (χ2n) is 16.4. The van der Waals surface area contributed by atoms with Gasteiger partial charge in [0, 0.05) is 19.3 Å². The highest BCUT2D eigenvalue weighted by atomic mass is 16.6. The molecule has 0 fully saturated rings. The molecular formula is C53H92O6. The summed E-state index contributed by atoms with van der Waals surface area (Å²) in [7, 11) is 0. The number of hydrogen-bond acceptors (Lipinski definition) is 6. The van der Waals surface area contributed by atoms with E-state index in [4.69, 9.17) is 14.2 Å². The zero-order valence-electron chi connectivity index (χ0n) is 38.8. The van der Waals surface area contributed by atoms with Crippen molar-refractivity contribution in [3.63, 3.8) is 0 Å². The number of rotatable bonds is 44. The Bertz CT molecular complexity index is 1090. The van der Waals surface area contributed by atoms with Crippen LogP contribution in [0.1, 0.15) is 239 Å². The lowest BCUT2D eigenvalue weighted by molar-refractivity contribution is -0.167. The fourth-order valence-electron chi connectivity index (χ4n) is 6.79. The number of carbonyl (C=O) groups is 3. The van der Waals surface area contributed by atoms with Gasteiger partial charge in [-0.2, -0.15) is 0 Å². The van der Waals surface area contributed by atoms with E-state index >= 15 is 0 Å². The summed E-state index contributed by atoms with van der Waals surface area (Å²) in [4.78, 5) is 37.8. The molecule has 6 heteroatoms. The fourth-order valence-corrected chi connectivity index (χ4v) is 6.79. The van der Waals surface area contributed by atoms with Crippen LogP contribution in [0.15, 0.2) is 60.8 Å². The fraction of sp³-hybridized carbons (Fsp3) is 0.755. The highest BCUT2D eigenvalue weighted by Crippen LogP contribution is 2.14. The lowest BCUT2D eigenvalue weighted by atomic mass is 10.1. The first-order valence-electron chi connectivity index (χ1n) is 24.8. The van der Waals surface area contributed by atoms with Crippen molar-refractivity contribution in [2.24, 2.45) is 0 Å². The maximum Gasteiger partial charge on any atom is 0.306 e. The van der Waals surface area contributed by atoms with Crippen LogP contribution in [0, 0.1) is 0 Å². The molecule has 0 radical (unpaired) electrons. The van der Waals surface area contributed by atoms with Crippen LogP contribution in [-0.2, 0) is 28.6 Å². The Morgan fingerprint density at radius 2 is 0.695 bits per heavy atom. The summed E-state index contributed by atoms with van der Waals surface area (Å²) < 4.78 is 16.7. The molecule has 1 unspecified atom stereocenters. The second kappa shape index (κ2) is 47.8. The van der Waals surface area contributed by atoms with Gasteiger partial charge in [-0.1, -0.05) is 197 Å². The van der Waals surface area contributed by atoms with E-state index in [1.165, 1.54) is 116 Å². The van der Waals surface area contributed by atoms with E-state index in [1.807, 2.05) is 0 Å². The molecule has 0 saturated carbocycles. The third-order valence-corrected chi connectivity index (χ3v) is 10.5. The van der Waals surface area contributed by atoms with Crippen molar-refractivity contribution < 1.29 is 28.6 Å². The highest BCUT2D eigenvalue weighted by Gasteiger charge is 2.19. The van der Waals surface area contributed by atoms with Crippen LogP contribution in [0.4, 0.5) is 0 Å². The molecule has 0 aromatic rings. The van der Waals surface area contributed by atoms with Crippen molar-refractivity contribution in [3.05, 3.63) is 60.8 Å². The number of allylic oxidation sites excluding steroid dienone is 10. The zero-order chi connectivity index (χ0) is 43.0. The first kappa shape index (κ1) is 56.1. The number of carbonyl (C=O) groups excluding carboxylic acids is 3. The van der Waals surface area contributed by atoms with Gasteiger partial charge in [-0.15, -0.1) is 0 Å². The molecule has 1 atom stereocenters. The van der Waals surface area contributed by atoms with Gasteiger partial charge in [-0.05, 0) is 83.5 Å². The average Bonchev–Trinajstić information content (AvgIpc) is 3.23. The Labute approximate surface area is 364 Å². The SMILES string of the molecule is CC\C=C/C=C\C=C/CCCCCCCC(=O)OC(COC(=O)CCC/C=C\CCCCCC)COC(=O)CCCCCCCCC/C=C\CCCCCCCCCC. The van der Waals surface area contributed by atoms with E-state index in [1.54, 1.807) is 0 Å². The number of unbranched alkanes of at least 4 members (excludes halogenated alkanes) is 25. The maximum atomic E-state index is 12.7. The van der Waals surface area contributed by atoms with E-state index in [0.717, 1.165) is 77.0 Å². The Kier molecular flexibility index (Phi) is 45.4. The van der Waals surface area contributed by atoms with Gasteiger partial charge < -0.3 is 14.2 Å². The van der Waals surface area contributed by atoms with E-state index in [-0.39, 0.29) is 31.1 Å². The van der Waals surface area contributed by atoms with Gasteiger partial charge >= 0.3 is 17.9 Å². The number of ether oxygens (including phenoxy) is 3. The summed E-state index contributed by atoms with van der Waals surface area (Å²) in [5.41, 5.74) is 0. The van der Waals surface area contributed by atoms with Crippen molar-refractivity contribution in [3.8, 4) is 0 Å². The van der Waals surface area contributed by atoms with Crippen molar-refractivity contribution in [1.82, 2.24) is 0 Å². The highest BCUT2D eigenvalue weighted by molar-refractivity contribution is 5.71. The first-order chi connectivity index (χ1) is 29.0. The molecular weight excluding hydrogens is 733 g/mol. The maximum absolute atomic E-state index is 12.7. The second-order valence-corrected chi connectivity index (χ2v) is 16.4. The van der Waals surface area contributed by atoms with Crippen LogP contribution in [0.5, 0.6) is 0 Å². The van der Waals surface area contributed by atoms with Crippen LogP contribution in [0.2, 0.25) is 0 Å². The molecule has 0 aliphatic carbocycles. The molecule has 6 nitrogen and oxygen atoms in total. The molecule has 0 amide bonds. The summed E-state index contributed by atoms with van der Waals surface area (Å²) in [6.45, 7) is 6.42. The third-order valence-electron chi connectivity index (χ3n) is 10.5. The lowest BCUT2D eigenvalue weighted by Gasteiger charge is -2.18. The van der Waals surface area contributed by atoms with E-state index in [9.17, 15) is 14.4 Å². The summed E-state index contributed by atoms with van der Waals surface area (Å²) in [5.74, 6) is -0.955. The van der Waals surface area contributed by atoms with Crippen LogP contribution < -0.4 is 0 Å². The Morgan fingerprint density at radius 3 is 1.15 bits per heavy atom. The predicted molar refractivity (Wildman–Crippen MR) is 251 cm³/mol. The molecule has 0 rings (SSSR count). The number of esters is 3. The van der Waals surface area contributed by atoms with E-state index in [2.05, 4.69) is 81.5 Å². The van der Waals surface area contributed by atoms with Crippen molar-refractivity contribution >= 4 is 17.9 Å². The molecule has 0 aromatic carbocycles. The smallest absolute Gasteiger partial charge is 0.306 e. The molecule has 0 heterocycles. The van der Waals surface area contributed by atoms with Crippen molar-refractivity contribution in [2.75, 3.05) is 13.2 Å². The summed E-state index contributed by atoms with van der Waals surface area (Å²) in [6.07, 6.45) is 57.9. The molecule has 0 aliphatic rings. The monoisotopic (exact) mass is 825 g/mol. The summed E-state index contributed by atoms with van der Waals surface area (Å²) >= 11 is 0. The first-order valence-corrected chi connectivity index (χ1v) is 24.8. The van der Waals surface area contributed by atoms with Crippen LogP contribution >= 0.6 is 0 Å². The van der Waals surface area contributed by atoms with Crippen LogP contribution in [0.3, 0.4) is 0 Å². The Morgan fingerprint density at radius 1 is 0.356 bits per heavy atom. The van der Waals surface area contributed by atoms with Gasteiger partial charge in [0.05, 0.1) is 0 Å². The summed E-state index contributed by atoms with van der Waals surface area (Å²) in [5, 5.41) is 0. The largest absolute Gasteiger partial charge is 0.462 e. The van der Waals surface area contributed by atoms with Gasteiger partial charge in [0.25, 0.3) is 0 Å². The minimum atomic E-state index is -0.795. The Hall–Kier alpha value is -2.89. The minimum Gasteiger partial charge on any atom is -0.462 e. The quantitative estimate of drug-likeness (QED) is 0.0200. The van der Waals surface area contributed by atoms with Crippen LogP contribution in [0.25, 0.3) is 0 Å². The molecule has 0 bridgehead atoms. The molecule has 340 valence electrons. The van der Waals surface area contributed by atoms with Gasteiger partial charge in [-0.3, -0.25) is 14.4 Å². The summed E-state index contributed by atoms with van der Waals surface area (Å²) in [6, 6.07) is 0. The molecule has 59 heavy (non-hydrogen) atoms. The molecule has 0 N–H and O–H groups in total. The van der Waals surface area contributed by atoms with Crippen molar-refractivity contribution in [1.29, 1.82) is 0 Å². The van der Waals surface area contributed by atoms with Gasteiger partial charge in [0.2, 0.25) is 0 Å². The van der Waals surface area contributed by atoms with E-state index < -0.39 is 6.10 Å². The normalized spacial score (nSPS) is 12.5.